The number of sulfone groups is 1. The fraction of sp³-hybridized carbons (Fsp3) is 0.316. The van der Waals surface area contributed by atoms with Gasteiger partial charge in [0.1, 0.15) is 6.04 Å². The molecule has 1 aliphatic rings. The van der Waals surface area contributed by atoms with Crippen LogP contribution >= 0.6 is 0 Å². The molecule has 0 bridgehead atoms. The zero-order valence-electron chi connectivity index (χ0n) is 15.0. The van der Waals surface area contributed by atoms with Gasteiger partial charge in [0.05, 0.1) is 11.9 Å². The van der Waals surface area contributed by atoms with Crippen LogP contribution in [0.1, 0.15) is 29.6 Å². The molecular weight excluding hydrogens is 366 g/mol. The van der Waals surface area contributed by atoms with Gasteiger partial charge in [-0.05, 0) is 43.5 Å². The molecule has 0 aliphatic carbocycles. The van der Waals surface area contributed by atoms with E-state index in [4.69, 9.17) is 0 Å². The largest absolute Gasteiger partial charge is 0.327 e. The molecule has 0 spiro atoms. The second kappa shape index (κ2) is 7.87. The molecule has 8 heteroatoms. The van der Waals surface area contributed by atoms with E-state index >= 15 is 0 Å². The molecule has 1 atom stereocenters. The molecular formula is C19H21N3O4S. The Labute approximate surface area is 158 Å². The summed E-state index contributed by atoms with van der Waals surface area (Å²) in [5.74, 6) is -0.464. The first-order valence-electron chi connectivity index (χ1n) is 8.69. The number of amides is 2. The number of piperidine rings is 1. The Morgan fingerprint density at radius 2 is 1.85 bits per heavy atom. The Bertz CT molecular complexity index is 927. The van der Waals surface area contributed by atoms with Crippen molar-refractivity contribution in [1.29, 1.82) is 0 Å². The molecule has 1 aromatic heterocycles. The van der Waals surface area contributed by atoms with Crippen molar-refractivity contribution < 1.29 is 18.0 Å². The fourth-order valence-corrected chi connectivity index (χ4v) is 3.65. The minimum atomic E-state index is -3.40. The summed E-state index contributed by atoms with van der Waals surface area (Å²) in [5.41, 5.74) is 0.946. The third kappa shape index (κ3) is 4.51. The molecule has 1 aromatic carbocycles. The Morgan fingerprint density at radius 3 is 2.48 bits per heavy atom. The van der Waals surface area contributed by atoms with Crippen molar-refractivity contribution >= 4 is 27.3 Å². The molecule has 7 nitrogen and oxygen atoms in total. The summed E-state index contributed by atoms with van der Waals surface area (Å²) in [4.78, 5) is 31.0. The van der Waals surface area contributed by atoms with Crippen LogP contribution in [0.25, 0.3) is 0 Å². The number of rotatable bonds is 4. The number of nitrogens with zero attached hydrogens (tertiary/aromatic N) is 2. The van der Waals surface area contributed by atoms with Crippen molar-refractivity contribution in [3.63, 3.8) is 0 Å². The van der Waals surface area contributed by atoms with Crippen molar-refractivity contribution in [2.45, 2.75) is 30.3 Å². The maximum absolute atomic E-state index is 12.8. The highest BCUT2D eigenvalue weighted by Crippen LogP contribution is 2.21. The van der Waals surface area contributed by atoms with Crippen LogP contribution in [0.3, 0.4) is 0 Å². The number of likely N-dealkylation sites (tertiary alicyclic amines) is 1. The number of nitrogens with one attached hydrogen (secondary N) is 1. The van der Waals surface area contributed by atoms with E-state index in [0.29, 0.717) is 24.2 Å². The number of carbonyl (C=O) groups is 2. The lowest BCUT2D eigenvalue weighted by molar-refractivity contribution is -0.121. The number of carbonyl (C=O) groups excluding carboxylic acids is 2. The second-order valence-electron chi connectivity index (χ2n) is 6.52. The second-order valence-corrected chi connectivity index (χ2v) is 8.49. The third-order valence-electron chi connectivity index (χ3n) is 4.47. The zero-order valence-corrected chi connectivity index (χ0v) is 15.8. The minimum Gasteiger partial charge on any atom is -0.327 e. The Balaban J connectivity index is 1.74. The maximum Gasteiger partial charge on any atom is 0.254 e. The number of benzene rings is 1. The molecule has 1 unspecified atom stereocenters. The van der Waals surface area contributed by atoms with E-state index in [1.807, 2.05) is 6.07 Å². The predicted octanol–water partition coefficient (Wildman–Crippen LogP) is 2.12. The highest BCUT2D eigenvalue weighted by molar-refractivity contribution is 7.90. The van der Waals surface area contributed by atoms with Gasteiger partial charge in [-0.15, -0.1) is 0 Å². The van der Waals surface area contributed by atoms with Gasteiger partial charge in [0.15, 0.2) is 14.9 Å². The summed E-state index contributed by atoms with van der Waals surface area (Å²) in [6, 6.07) is 11.2. The van der Waals surface area contributed by atoms with Gasteiger partial charge in [0.25, 0.3) is 5.91 Å². The van der Waals surface area contributed by atoms with Crippen molar-refractivity contribution in [1.82, 2.24) is 9.88 Å². The van der Waals surface area contributed by atoms with Crippen molar-refractivity contribution in [3.05, 3.63) is 54.2 Å². The van der Waals surface area contributed by atoms with Gasteiger partial charge >= 0.3 is 0 Å². The van der Waals surface area contributed by atoms with Crippen LogP contribution in [0.5, 0.6) is 0 Å². The normalized spacial score (nSPS) is 17.4. The molecule has 0 radical (unpaired) electrons. The molecule has 0 saturated carbocycles. The topological polar surface area (TPSA) is 96.4 Å². The van der Waals surface area contributed by atoms with E-state index in [1.165, 1.54) is 18.3 Å². The lowest BCUT2D eigenvalue weighted by atomic mass is 10.00. The van der Waals surface area contributed by atoms with Crippen LogP contribution in [0.2, 0.25) is 0 Å². The summed E-state index contributed by atoms with van der Waals surface area (Å²) in [7, 11) is -3.40. The van der Waals surface area contributed by atoms with Crippen LogP contribution < -0.4 is 5.32 Å². The average molecular weight is 387 g/mol. The van der Waals surface area contributed by atoms with E-state index in [2.05, 4.69) is 10.3 Å². The lowest BCUT2D eigenvalue weighted by Gasteiger charge is -2.34. The fourth-order valence-electron chi connectivity index (χ4n) is 3.09. The zero-order chi connectivity index (χ0) is 19.4. The van der Waals surface area contributed by atoms with Crippen molar-refractivity contribution in [2.24, 2.45) is 0 Å². The van der Waals surface area contributed by atoms with E-state index < -0.39 is 15.9 Å². The molecule has 142 valence electrons. The summed E-state index contributed by atoms with van der Waals surface area (Å²) in [6.07, 6.45) is 4.68. The number of anilines is 1. The van der Waals surface area contributed by atoms with Gasteiger partial charge in [-0.1, -0.05) is 18.2 Å². The molecule has 2 amide bonds. The molecule has 3 rings (SSSR count). The van der Waals surface area contributed by atoms with E-state index in [-0.39, 0.29) is 16.8 Å². The van der Waals surface area contributed by atoms with E-state index in [9.17, 15) is 18.0 Å². The van der Waals surface area contributed by atoms with Crippen LogP contribution in [0, 0.1) is 0 Å². The quantitative estimate of drug-likeness (QED) is 0.867. The first-order chi connectivity index (χ1) is 12.9. The number of pyridine rings is 1. The average Bonchev–Trinajstić information content (AvgIpc) is 2.68. The maximum atomic E-state index is 12.8. The Kier molecular flexibility index (Phi) is 5.55. The first-order valence-corrected chi connectivity index (χ1v) is 10.6. The number of aromatic nitrogens is 1. The standard InChI is InChI=1S/C19H21N3O4S/c1-27(25,26)17-11-10-15(13-20-17)21-18(23)16-9-5-6-12-22(16)19(24)14-7-3-2-4-8-14/h2-4,7-8,10-11,13,16H,5-6,9,12H2,1H3,(H,21,23). The lowest BCUT2D eigenvalue weighted by Crippen LogP contribution is -2.50. The Morgan fingerprint density at radius 1 is 1.11 bits per heavy atom. The van der Waals surface area contributed by atoms with Gasteiger partial charge in [0.2, 0.25) is 5.91 Å². The molecule has 2 heterocycles. The molecule has 1 fully saturated rings. The van der Waals surface area contributed by atoms with Gasteiger partial charge in [-0.25, -0.2) is 13.4 Å². The van der Waals surface area contributed by atoms with E-state index in [0.717, 1.165) is 19.1 Å². The smallest absolute Gasteiger partial charge is 0.254 e. The van der Waals surface area contributed by atoms with Crippen LogP contribution in [0.15, 0.2) is 53.7 Å². The first kappa shape index (κ1) is 19.0. The SMILES string of the molecule is CS(=O)(=O)c1ccc(NC(=O)C2CCCCN2C(=O)c2ccccc2)cn1. The highest BCUT2D eigenvalue weighted by atomic mass is 32.2. The molecule has 1 saturated heterocycles. The minimum absolute atomic E-state index is 0.0564. The third-order valence-corrected chi connectivity index (χ3v) is 5.47. The predicted molar refractivity (Wildman–Crippen MR) is 101 cm³/mol. The summed E-state index contributed by atoms with van der Waals surface area (Å²) >= 11 is 0. The van der Waals surface area contributed by atoms with Crippen LogP contribution in [0.4, 0.5) is 5.69 Å². The summed E-state index contributed by atoms with van der Waals surface area (Å²) in [5, 5.41) is 2.68. The summed E-state index contributed by atoms with van der Waals surface area (Å²) < 4.78 is 22.9. The number of hydrogen-bond donors (Lipinski definition) is 1. The molecule has 27 heavy (non-hydrogen) atoms. The van der Waals surface area contributed by atoms with Gasteiger partial charge in [-0.3, -0.25) is 9.59 Å². The highest BCUT2D eigenvalue weighted by Gasteiger charge is 2.32. The Hall–Kier alpha value is -2.74. The summed E-state index contributed by atoms with van der Waals surface area (Å²) in [6.45, 7) is 0.525. The molecule has 1 aliphatic heterocycles. The van der Waals surface area contributed by atoms with E-state index in [1.54, 1.807) is 29.2 Å². The van der Waals surface area contributed by atoms with Gasteiger partial charge in [-0.2, -0.15) is 0 Å². The number of hydrogen-bond acceptors (Lipinski definition) is 5. The molecule has 2 aromatic rings. The monoisotopic (exact) mass is 387 g/mol. The van der Waals surface area contributed by atoms with Crippen LogP contribution in [-0.2, 0) is 14.6 Å². The molecule has 1 N–H and O–H groups in total. The van der Waals surface area contributed by atoms with Gasteiger partial charge in [0, 0.05) is 18.4 Å². The van der Waals surface area contributed by atoms with Crippen molar-refractivity contribution in [3.8, 4) is 0 Å². The van der Waals surface area contributed by atoms with Crippen molar-refractivity contribution in [2.75, 3.05) is 18.1 Å². The van der Waals surface area contributed by atoms with Gasteiger partial charge < -0.3 is 10.2 Å². The van der Waals surface area contributed by atoms with Crippen LogP contribution in [-0.4, -0.2) is 49.0 Å².